The van der Waals surface area contributed by atoms with Crippen LogP contribution in [0.5, 0.6) is 0 Å². The van der Waals surface area contributed by atoms with Gasteiger partial charge in [-0.25, -0.2) is 0 Å². The Morgan fingerprint density at radius 1 is 0.718 bits per heavy atom. The zero-order chi connectivity index (χ0) is 27.6. The standard InChI is InChI=1S/C33H30ClNO4/c34-30-17-15-26(16-18-30)25-11-13-27(14-12-25)31(36)22-29(33(38)39)10-9-24-7-4-8-28(21-24)32(37)35-20-19-23-5-2-1-3-6-23/h1-8,11-18,21,29H,9-10,19-20,22H2,(H,35,37)(H,38,39). The van der Waals surface area contributed by atoms with Gasteiger partial charge in [0.15, 0.2) is 5.78 Å². The van der Waals surface area contributed by atoms with Crippen molar-refractivity contribution in [3.05, 3.63) is 130 Å². The maximum atomic E-state index is 12.9. The SMILES string of the molecule is O=C(CC(CCc1cccc(C(=O)NCCc2ccccc2)c1)C(=O)O)c1ccc(-c2ccc(Cl)cc2)cc1. The number of Topliss-reactive ketones (excluding diaryl/α,β-unsaturated/α-hetero) is 1. The molecule has 0 spiro atoms. The molecule has 0 aromatic heterocycles. The van der Waals surface area contributed by atoms with E-state index in [0.717, 1.165) is 28.7 Å². The van der Waals surface area contributed by atoms with Crippen LogP contribution < -0.4 is 5.32 Å². The van der Waals surface area contributed by atoms with Crippen LogP contribution in [0, 0.1) is 5.92 Å². The maximum absolute atomic E-state index is 12.9. The average molecular weight is 540 g/mol. The molecule has 0 aliphatic carbocycles. The van der Waals surface area contributed by atoms with Gasteiger partial charge in [0.05, 0.1) is 5.92 Å². The van der Waals surface area contributed by atoms with Crippen LogP contribution in [-0.2, 0) is 17.6 Å². The first kappa shape index (κ1) is 27.8. The predicted molar refractivity (Wildman–Crippen MR) is 154 cm³/mol. The summed E-state index contributed by atoms with van der Waals surface area (Å²) in [5.41, 5.74) is 4.95. The van der Waals surface area contributed by atoms with E-state index in [0.29, 0.717) is 35.5 Å². The molecule has 4 rings (SSSR count). The largest absolute Gasteiger partial charge is 0.481 e. The lowest BCUT2D eigenvalue weighted by molar-refractivity contribution is -0.141. The molecule has 5 nitrogen and oxygen atoms in total. The van der Waals surface area contributed by atoms with Gasteiger partial charge in [0.25, 0.3) is 5.91 Å². The van der Waals surface area contributed by atoms with Crippen LogP contribution in [-0.4, -0.2) is 29.3 Å². The number of hydrogen-bond donors (Lipinski definition) is 2. The number of carboxylic acids is 1. The number of aliphatic carboxylic acids is 1. The highest BCUT2D eigenvalue weighted by molar-refractivity contribution is 6.30. The molecule has 0 aliphatic rings. The van der Waals surface area contributed by atoms with Crippen LogP contribution in [0.1, 0.15) is 44.7 Å². The number of nitrogens with one attached hydrogen (secondary N) is 1. The third-order valence-corrected chi connectivity index (χ3v) is 6.93. The van der Waals surface area contributed by atoms with E-state index in [9.17, 15) is 19.5 Å². The second kappa shape index (κ2) is 13.5. The molecule has 6 heteroatoms. The number of carbonyl (C=O) groups excluding carboxylic acids is 2. The lowest BCUT2D eigenvalue weighted by Gasteiger charge is -2.13. The van der Waals surface area contributed by atoms with Crippen molar-refractivity contribution < 1.29 is 19.5 Å². The van der Waals surface area contributed by atoms with Gasteiger partial charge in [0.2, 0.25) is 0 Å². The molecule has 0 heterocycles. The molecule has 0 bridgehead atoms. The molecular formula is C33H30ClNO4. The third-order valence-electron chi connectivity index (χ3n) is 6.68. The minimum absolute atomic E-state index is 0.0880. The summed E-state index contributed by atoms with van der Waals surface area (Å²) in [5, 5.41) is 13.4. The highest BCUT2D eigenvalue weighted by Gasteiger charge is 2.22. The molecule has 0 saturated carbocycles. The summed E-state index contributed by atoms with van der Waals surface area (Å²) in [4.78, 5) is 37.4. The Bertz CT molecular complexity index is 1420. The van der Waals surface area contributed by atoms with Gasteiger partial charge in [-0.3, -0.25) is 14.4 Å². The van der Waals surface area contributed by atoms with Crippen molar-refractivity contribution in [2.24, 2.45) is 5.92 Å². The molecule has 4 aromatic rings. The highest BCUT2D eigenvalue weighted by atomic mass is 35.5. The number of carbonyl (C=O) groups is 3. The quantitative estimate of drug-likeness (QED) is 0.192. The number of halogens is 1. The fourth-order valence-electron chi connectivity index (χ4n) is 4.42. The lowest BCUT2D eigenvalue weighted by Crippen LogP contribution is -2.25. The molecule has 39 heavy (non-hydrogen) atoms. The fourth-order valence-corrected chi connectivity index (χ4v) is 4.55. The van der Waals surface area contributed by atoms with E-state index in [1.165, 1.54) is 0 Å². The summed E-state index contributed by atoms with van der Waals surface area (Å²) in [6.07, 6.45) is 1.40. The Morgan fingerprint density at radius 2 is 1.36 bits per heavy atom. The monoisotopic (exact) mass is 539 g/mol. The van der Waals surface area contributed by atoms with Crippen LogP contribution in [0.3, 0.4) is 0 Å². The molecule has 0 radical (unpaired) electrons. The summed E-state index contributed by atoms with van der Waals surface area (Å²) in [5.74, 6) is -2.20. The smallest absolute Gasteiger partial charge is 0.306 e. The molecule has 1 atom stereocenters. The Morgan fingerprint density at radius 3 is 2.03 bits per heavy atom. The van der Waals surface area contributed by atoms with E-state index >= 15 is 0 Å². The maximum Gasteiger partial charge on any atom is 0.306 e. The van der Waals surface area contributed by atoms with Crippen molar-refractivity contribution in [2.75, 3.05) is 6.54 Å². The molecule has 0 aliphatic heterocycles. The second-order valence-electron chi connectivity index (χ2n) is 9.48. The number of aryl methyl sites for hydroxylation is 1. The van der Waals surface area contributed by atoms with Crippen LogP contribution in [0.15, 0.2) is 103 Å². The van der Waals surface area contributed by atoms with Gasteiger partial charge >= 0.3 is 5.97 Å². The number of amides is 1. The fraction of sp³-hybridized carbons (Fsp3) is 0.182. The first-order chi connectivity index (χ1) is 18.9. The number of ketones is 1. The van der Waals surface area contributed by atoms with E-state index in [-0.39, 0.29) is 18.1 Å². The zero-order valence-electron chi connectivity index (χ0n) is 21.5. The van der Waals surface area contributed by atoms with E-state index in [1.54, 1.807) is 30.3 Å². The van der Waals surface area contributed by atoms with Gasteiger partial charge in [-0.05, 0) is 65.8 Å². The van der Waals surface area contributed by atoms with Crippen LogP contribution in [0.25, 0.3) is 11.1 Å². The normalized spacial score (nSPS) is 11.5. The zero-order valence-corrected chi connectivity index (χ0v) is 22.2. The molecule has 0 fully saturated rings. The van der Waals surface area contributed by atoms with E-state index < -0.39 is 11.9 Å². The van der Waals surface area contributed by atoms with E-state index in [1.807, 2.05) is 72.8 Å². The summed E-state index contributed by atoms with van der Waals surface area (Å²) < 4.78 is 0. The Kier molecular flexibility index (Phi) is 9.65. The minimum Gasteiger partial charge on any atom is -0.481 e. The minimum atomic E-state index is -1.00. The van der Waals surface area contributed by atoms with E-state index in [4.69, 9.17) is 11.6 Å². The highest BCUT2D eigenvalue weighted by Crippen LogP contribution is 2.23. The average Bonchev–Trinajstić information content (AvgIpc) is 2.96. The van der Waals surface area contributed by atoms with Crippen molar-refractivity contribution in [3.63, 3.8) is 0 Å². The van der Waals surface area contributed by atoms with Gasteiger partial charge in [0, 0.05) is 29.1 Å². The summed E-state index contributed by atoms with van der Waals surface area (Å²) in [6.45, 7) is 0.525. The van der Waals surface area contributed by atoms with Crippen molar-refractivity contribution in [3.8, 4) is 11.1 Å². The van der Waals surface area contributed by atoms with Crippen molar-refractivity contribution in [2.45, 2.75) is 25.7 Å². The third kappa shape index (κ3) is 8.13. The van der Waals surface area contributed by atoms with Crippen LogP contribution in [0.2, 0.25) is 5.02 Å². The Balaban J connectivity index is 1.31. The van der Waals surface area contributed by atoms with Gasteiger partial charge in [-0.15, -0.1) is 0 Å². The number of benzene rings is 4. The second-order valence-corrected chi connectivity index (χ2v) is 9.91. The van der Waals surface area contributed by atoms with E-state index in [2.05, 4.69) is 5.32 Å². The van der Waals surface area contributed by atoms with Gasteiger partial charge in [0.1, 0.15) is 0 Å². The van der Waals surface area contributed by atoms with Crippen LogP contribution >= 0.6 is 11.6 Å². The van der Waals surface area contributed by atoms with Gasteiger partial charge < -0.3 is 10.4 Å². The molecule has 4 aromatic carbocycles. The topological polar surface area (TPSA) is 83.5 Å². The van der Waals surface area contributed by atoms with Crippen molar-refractivity contribution in [1.29, 1.82) is 0 Å². The number of hydrogen-bond acceptors (Lipinski definition) is 3. The first-order valence-electron chi connectivity index (χ1n) is 12.9. The molecule has 198 valence electrons. The molecular weight excluding hydrogens is 510 g/mol. The molecule has 1 unspecified atom stereocenters. The molecule has 1 amide bonds. The van der Waals surface area contributed by atoms with Crippen LogP contribution in [0.4, 0.5) is 0 Å². The Labute approximate surface area is 233 Å². The molecule has 2 N–H and O–H groups in total. The summed E-state index contributed by atoms with van der Waals surface area (Å²) >= 11 is 5.95. The number of carboxylic acid groups (broad SMARTS) is 1. The lowest BCUT2D eigenvalue weighted by atomic mass is 9.91. The summed E-state index contributed by atoms with van der Waals surface area (Å²) in [7, 11) is 0. The van der Waals surface area contributed by atoms with Gasteiger partial charge in [-0.1, -0.05) is 90.5 Å². The summed E-state index contributed by atoms with van der Waals surface area (Å²) in [6, 6.07) is 31.7. The predicted octanol–water partition coefficient (Wildman–Crippen LogP) is 6.89. The first-order valence-corrected chi connectivity index (χ1v) is 13.3. The van der Waals surface area contributed by atoms with Crippen molar-refractivity contribution >= 4 is 29.3 Å². The molecule has 0 saturated heterocycles. The Hall–Kier alpha value is -4.22. The van der Waals surface area contributed by atoms with Gasteiger partial charge in [-0.2, -0.15) is 0 Å². The number of rotatable bonds is 12. The van der Waals surface area contributed by atoms with Crippen molar-refractivity contribution in [1.82, 2.24) is 5.32 Å².